The smallest absolute Gasteiger partial charge is 0.328 e. The van der Waals surface area contributed by atoms with E-state index in [0.29, 0.717) is 12.2 Å². The molecule has 0 radical (unpaired) electrons. The van der Waals surface area contributed by atoms with Crippen LogP contribution in [0.25, 0.3) is 0 Å². The van der Waals surface area contributed by atoms with Gasteiger partial charge >= 0.3 is 11.9 Å². The van der Waals surface area contributed by atoms with Gasteiger partial charge in [-0.15, -0.1) is 0 Å². The van der Waals surface area contributed by atoms with E-state index in [1.54, 1.807) is 20.8 Å². The molecule has 13 heavy (non-hydrogen) atoms. The number of rotatable bonds is 2. The van der Waals surface area contributed by atoms with Gasteiger partial charge in [-0.3, -0.25) is 0 Å². The van der Waals surface area contributed by atoms with Crippen molar-refractivity contribution in [1.29, 1.82) is 0 Å². The van der Waals surface area contributed by atoms with Gasteiger partial charge in [-0.25, -0.2) is 9.59 Å². The minimum atomic E-state index is -1.26. The summed E-state index contributed by atoms with van der Waals surface area (Å²) in [5.41, 5.74) is -0.500. The van der Waals surface area contributed by atoms with Gasteiger partial charge in [0, 0.05) is 12.2 Å². The van der Waals surface area contributed by atoms with Crippen molar-refractivity contribution in [2.24, 2.45) is 0 Å². The molecule has 5 nitrogen and oxygen atoms in total. The van der Waals surface area contributed by atoms with Crippen LogP contribution in [-0.2, 0) is 9.59 Å². The second-order valence-corrected chi connectivity index (χ2v) is 3.18. The molecule has 0 heterocycles. The highest BCUT2D eigenvalue weighted by Crippen LogP contribution is 1.93. The van der Waals surface area contributed by atoms with Crippen molar-refractivity contribution in [3.63, 3.8) is 0 Å². The van der Waals surface area contributed by atoms with E-state index in [-0.39, 0.29) is 0 Å². The maximum absolute atomic E-state index is 9.55. The average molecular weight is 190 g/mol. The topological polar surface area (TPSA) is 94.8 Å². The Balaban J connectivity index is 0. The van der Waals surface area contributed by atoms with Crippen LogP contribution in [0.2, 0.25) is 0 Å². The molecule has 0 saturated heterocycles. The molecule has 0 unspecified atom stereocenters. The lowest BCUT2D eigenvalue weighted by Gasteiger charge is -2.04. The van der Waals surface area contributed by atoms with Gasteiger partial charge in [0.2, 0.25) is 0 Å². The summed E-state index contributed by atoms with van der Waals surface area (Å²) in [7, 11) is 0. The zero-order valence-corrected chi connectivity index (χ0v) is 7.81. The normalized spacial score (nSPS) is 10.5. The predicted molar refractivity (Wildman–Crippen MR) is 46.4 cm³/mol. The van der Waals surface area contributed by atoms with Gasteiger partial charge in [0.25, 0.3) is 0 Å². The summed E-state index contributed by atoms with van der Waals surface area (Å²) in [5.74, 6) is -2.51. The Morgan fingerprint density at radius 2 is 1.15 bits per heavy atom. The van der Waals surface area contributed by atoms with Gasteiger partial charge in [0.05, 0.1) is 5.60 Å². The molecule has 0 spiro atoms. The summed E-state index contributed by atoms with van der Waals surface area (Å²) < 4.78 is 0. The van der Waals surface area contributed by atoms with Crippen molar-refractivity contribution in [2.75, 3.05) is 0 Å². The van der Waals surface area contributed by atoms with Crippen LogP contribution in [0.4, 0.5) is 0 Å². The molecule has 0 bridgehead atoms. The Hall–Kier alpha value is -1.36. The van der Waals surface area contributed by atoms with Crippen molar-refractivity contribution in [1.82, 2.24) is 0 Å². The van der Waals surface area contributed by atoms with Crippen molar-refractivity contribution < 1.29 is 24.9 Å². The Kier molecular flexibility index (Phi) is 6.75. The quantitative estimate of drug-likeness (QED) is 0.551. The first-order chi connectivity index (χ1) is 5.63. The molecule has 0 rings (SSSR count). The van der Waals surface area contributed by atoms with Crippen LogP contribution >= 0.6 is 0 Å². The van der Waals surface area contributed by atoms with E-state index in [9.17, 15) is 9.59 Å². The van der Waals surface area contributed by atoms with Gasteiger partial charge in [0.1, 0.15) is 0 Å². The van der Waals surface area contributed by atoms with Crippen LogP contribution in [0.15, 0.2) is 12.2 Å². The average Bonchev–Trinajstić information content (AvgIpc) is 1.79. The number of carbonyl (C=O) groups is 2. The van der Waals surface area contributed by atoms with Crippen LogP contribution in [-0.4, -0.2) is 32.9 Å². The maximum Gasteiger partial charge on any atom is 0.328 e. The largest absolute Gasteiger partial charge is 0.478 e. The van der Waals surface area contributed by atoms with Gasteiger partial charge in [-0.1, -0.05) is 0 Å². The molecule has 0 aliphatic heterocycles. The fourth-order valence-corrected chi connectivity index (χ4v) is 0.143. The molecule has 3 N–H and O–H groups in total. The highest BCUT2D eigenvalue weighted by Gasteiger charge is 1.97. The standard InChI is InChI=1S/C4H4O4.C4H10O/c5-3(6)1-2-4(7)8;1-4(2,3)5/h1-2H,(H,5,6)(H,7,8);5H,1-3H3/b2-1-;. The number of aliphatic carboxylic acids is 2. The van der Waals surface area contributed by atoms with Gasteiger partial charge in [-0.2, -0.15) is 0 Å². The van der Waals surface area contributed by atoms with Crippen molar-refractivity contribution >= 4 is 11.9 Å². The first kappa shape index (κ1) is 14.2. The SMILES string of the molecule is CC(C)(C)O.O=C(O)/C=C\C(=O)O. The third-order valence-corrected chi connectivity index (χ3v) is 0.368. The lowest BCUT2D eigenvalue weighted by atomic mass is 10.2. The summed E-state index contributed by atoms with van der Waals surface area (Å²) in [6.45, 7) is 5.23. The Bertz CT molecular complexity index is 177. The second kappa shape index (κ2) is 6.19. The number of carboxylic acid groups (broad SMARTS) is 2. The minimum Gasteiger partial charge on any atom is -0.478 e. The Labute approximate surface area is 76.3 Å². The highest BCUT2D eigenvalue weighted by molar-refractivity contribution is 5.89. The van der Waals surface area contributed by atoms with E-state index in [4.69, 9.17) is 15.3 Å². The molecule has 0 aromatic carbocycles. The van der Waals surface area contributed by atoms with E-state index in [0.717, 1.165) is 0 Å². The number of hydrogen-bond acceptors (Lipinski definition) is 3. The third kappa shape index (κ3) is 59.9. The van der Waals surface area contributed by atoms with E-state index in [1.807, 2.05) is 0 Å². The highest BCUT2D eigenvalue weighted by atomic mass is 16.4. The van der Waals surface area contributed by atoms with E-state index in [1.165, 1.54) is 0 Å². The van der Waals surface area contributed by atoms with Crippen molar-refractivity contribution in [3.8, 4) is 0 Å². The number of carboxylic acids is 2. The molecule has 0 saturated carbocycles. The van der Waals surface area contributed by atoms with Crippen LogP contribution in [0.1, 0.15) is 20.8 Å². The number of aliphatic hydroxyl groups is 1. The maximum atomic E-state index is 9.55. The van der Waals surface area contributed by atoms with Crippen LogP contribution in [0.5, 0.6) is 0 Å². The minimum absolute atomic E-state index is 0.500. The molecule has 0 aromatic rings. The molecule has 0 aromatic heterocycles. The molecule has 0 aliphatic rings. The first-order valence-electron chi connectivity index (χ1n) is 3.49. The summed E-state index contributed by atoms with van der Waals surface area (Å²) >= 11 is 0. The Morgan fingerprint density at radius 1 is 1.00 bits per heavy atom. The van der Waals surface area contributed by atoms with Gasteiger partial charge in [0.15, 0.2) is 0 Å². The molecule has 0 aliphatic carbocycles. The fourth-order valence-electron chi connectivity index (χ4n) is 0.143. The van der Waals surface area contributed by atoms with Crippen LogP contribution in [0.3, 0.4) is 0 Å². The first-order valence-corrected chi connectivity index (χ1v) is 3.49. The summed E-state index contributed by atoms with van der Waals surface area (Å²) in [6, 6.07) is 0. The van der Waals surface area contributed by atoms with E-state index in [2.05, 4.69) is 0 Å². The molecular formula is C8H14O5. The van der Waals surface area contributed by atoms with E-state index >= 15 is 0 Å². The van der Waals surface area contributed by atoms with Gasteiger partial charge in [-0.05, 0) is 20.8 Å². The number of hydrogen-bond donors (Lipinski definition) is 3. The molecular weight excluding hydrogens is 176 g/mol. The lowest BCUT2D eigenvalue weighted by molar-refractivity contribution is -0.134. The summed E-state index contributed by atoms with van der Waals surface area (Å²) in [6.07, 6.45) is 1.12. The van der Waals surface area contributed by atoms with Gasteiger partial charge < -0.3 is 15.3 Å². The molecule has 0 atom stereocenters. The third-order valence-electron chi connectivity index (χ3n) is 0.368. The molecule has 0 amide bonds. The van der Waals surface area contributed by atoms with Crippen LogP contribution in [0, 0.1) is 0 Å². The Morgan fingerprint density at radius 3 is 1.23 bits per heavy atom. The predicted octanol–water partition coefficient (Wildman–Crippen LogP) is 0.489. The van der Waals surface area contributed by atoms with Crippen molar-refractivity contribution in [2.45, 2.75) is 26.4 Å². The zero-order chi connectivity index (χ0) is 11.1. The molecule has 76 valence electrons. The summed E-state index contributed by atoms with van der Waals surface area (Å²) in [4.78, 5) is 19.1. The molecule has 0 fully saturated rings. The molecule has 5 heteroatoms. The monoisotopic (exact) mass is 190 g/mol. The van der Waals surface area contributed by atoms with Crippen LogP contribution < -0.4 is 0 Å². The second-order valence-electron chi connectivity index (χ2n) is 3.18. The fraction of sp³-hybridized carbons (Fsp3) is 0.500. The lowest BCUT2D eigenvalue weighted by Crippen LogP contribution is -2.10. The summed E-state index contributed by atoms with van der Waals surface area (Å²) in [5, 5.41) is 24.1. The zero-order valence-electron chi connectivity index (χ0n) is 7.81. The van der Waals surface area contributed by atoms with Crippen molar-refractivity contribution in [3.05, 3.63) is 12.2 Å². The van der Waals surface area contributed by atoms with E-state index < -0.39 is 17.5 Å².